The van der Waals surface area contributed by atoms with Gasteiger partial charge in [-0.05, 0) is 0 Å². The number of rotatable bonds is 5. The van der Waals surface area contributed by atoms with Gasteiger partial charge in [-0.3, -0.25) is 0 Å². The van der Waals surface area contributed by atoms with E-state index in [4.69, 9.17) is 0 Å². The molecule has 1 fully saturated rings. The summed E-state index contributed by atoms with van der Waals surface area (Å²) in [5.74, 6) is 0.702. The molecule has 1 aliphatic rings. The Hall–Kier alpha value is -2.69. The molecule has 5 rings (SSSR count). The Morgan fingerprint density at radius 3 is 0.931 bits per heavy atom. The molecule has 144 valence electrons. The van der Waals surface area contributed by atoms with Gasteiger partial charge in [0, 0.05) is 0 Å². The Kier molecular flexibility index (Phi) is 4.41. The average Bonchev–Trinajstić information content (AvgIpc) is 3.55. The van der Waals surface area contributed by atoms with E-state index in [1.807, 2.05) is 0 Å². The molecule has 0 nitrogen and oxygen atoms in total. The van der Waals surface area contributed by atoms with Gasteiger partial charge in [0.2, 0.25) is 0 Å². The molecule has 0 amide bonds. The van der Waals surface area contributed by atoms with E-state index < -0.39 is 6.60 Å². The maximum atomic E-state index is 2.43. The fourth-order valence-corrected chi connectivity index (χ4v) is 13.9. The second-order valence-electron chi connectivity index (χ2n) is 8.31. The van der Waals surface area contributed by atoms with Crippen LogP contribution in [0.1, 0.15) is 13.3 Å². The van der Waals surface area contributed by atoms with Gasteiger partial charge >= 0.3 is 174 Å². The van der Waals surface area contributed by atoms with E-state index in [-0.39, 0.29) is 0 Å². The fourth-order valence-electron chi connectivity index (χ4n) is 5.63. The molecule has 0 radical (unpaired) electrons. The standard InChI is InChI=1S/C28H27P/c1-23-22-28(23)29(24-14-6-2-7-15-24,25-16-8-3-9-17-25,26-18-10-4-11-19-26)27-20-12-5-13-21-27/h2-21,23,28H,22H2,1H3. The van der Waals surface area contributed by atoms with Gasteiger partial charge in [0.15, 0.2) is 0 Å². The molecule has 0 aromatic heterocycles. The normalized spacial score (nSPS) is 19.8. The first kappa shape index (κ1) is 18.3. The Morgan fingerprint density at radius 2 is 0.724 bits per heavy atom. The van der Waals surface area contributed by atoms with Crippen LogP contribution in [0.2, 0.25) is 0 Å². The van der Waals surface area contributed by atoms with Crippen molar-refractivity contribution in [1.82, 2.24) is 0 Å². The molecule has 1 heteroatoms. The van der Waals surface area contributed by atoms with E-state index in [1.165, 1.54) is 27.6 Å². The molecule has 2 unspecified atom stereocenters. The van der Waals surface area contributed by atoms with Gasteiger partial charge in [-0.2, -0.15) is 0 Å². The zero-order chi connectivity index (χ0) is 19.8. The average molecular weight is 394 g/mol. The topological polar surface area (TPSA) is 0 Å². The van der Waals surface area contributed by atoms with Crippen LogP contribution in [0.5, 0.6) is 0 Å². The van der Waals surface area contributed by atoms with E-state index >= 15 is 0 Å². The van der Waals surface area contributed by atoms with E-state index in [2.05, 4.69) is 128 Å². The third-order valence-corrected chi connectivity index (χ3v) is 14.4. The number of hydrogen-bond donors (Lipinski definition) is 0. The molecule has 4 aromatic rings. The second-order valence-corrected chi connectivity index (χ2v) is 13.4. The van der Waals surface area contributed by atoms with Gasteiger partial charge in [0.05, 0.1) is 0 Å². The summed E-state index contributed by atoms with van der Waals surface area (Å²) < 4.78 is 0. The van der Waals surface area contributed by atoms with Crippen molar-refractivity contribution in [2.75, 3.05) is 0 Å². The Balaban J connectivity index is 2.06. The van der Waals surface area contributed by atoms with Crippen LogP contribution in [-0.4, -0.2) is 5.66 Å². The predicted molar refractivity (Wildman–Crippen MR) is 129 cm³/mol. The Bertz CT molecular complexity index is 919. The van der Waals surface area contributed by atoms with Crippen molar-refractivity contribution < 1.29 is 0 Å². The van der Waals surface area contributed by atoms with Gasteiger partial charge in [-0.1, -0.05) is 0 Å². The van der Waals surface area contributed by atoms with Crippen molar-refractivity contribution in [3.05, 3.63) is 121 Å². The van der Waals surface area contributed by atoms with Crippen LogP contribution in [0.4, 0.5) is 0 Å². The molecule has 0 aliphatic heterocycles. The molecule has 4 aromatic carbocycles. The van der Waals surface area contributed by atoms with Gasteiger partial charge in [-0.15, -0.1) is 0 Å². The summed E-state index contributed by atoms with van der Waals surface area (Å²) >= 11 is 0. The molecule has 0 bridgehead atoms. The fraction of sp³-hybridized carbons (Fsp3) is 0.143. The van der Waals surface area contributed by atoms with Gasteiger partial charge in [0.1, 0.15) is 0 Å². The molecule has 0 N–H and O–H groups in total. The summed E-state index contributed by atoms with van der Waals surface area (Å²) in [4.78, 5) is 0. The first-order valence-electron chi connectivity index (χ1n) is 10.5. The van der Waals surface area contributed by atoms with E-state index in [0.717, 1.165) is 0 Å². The SMILES string of the molecule is CC1CC1P(c1ccccc1)(c1ccccc1)(c1ccccc1)c1ccccc1. The van der Waals surface area contributed by atoms with Crippen LogP contribution in [0.15, 0.2) is 121 Å². The minimum atomic E-state index is -2.91. The summed E-state index contributed by atoms with van der Waals surface area (Å²) in [6, 6.07) is 45.4. The zero-order valence-electron chi connectivity index (χ0n) is 16.9. The van der Waals surface area contributed by atoms with Crippen molar-refractivity contribution in [2.45, 2.75) is 19.0 Å². The van der Waals surface area contributed by atoms with Crippen LogP contribution in [-0.2, 0) is 0 Å². The third kappa shape index (κ3) is 2.42. The second kappa shape index (κ2) is 6.97. The summed E-state index contributed by atoms with van der Waals surface area (Å²) in [6.45, 7) is -0.472. The summed E-state index contributed by atoms with van der Waals surface area (Å²) in [6.07, 6.45) is 1.27. The molecule has 29 heavy (non-hydrogen) atoms. The first-order chi connectivity index (χ1) is 14.3. The number of hydrogen-bond acceptors (Lipinski definition) is 0. The minimum absolute atomic E-state index is 0.621. The third-order valence-electron chi connectivity index (χ3n) is 6.90. The van der Waals surface area contributed by atoms with Gasteiger partial charge < -0.3 is 0 Å². The predicted octanol–water partition coefficient (Wildman–Crippen LogP) is 5.25. The zero-order valence-corrected chi connectivity index (χ0v) is 17.8. The molecule has 0 saturated heterocycles. The molecule has 1 aliphatic carbocycles. The first-order valence-corrected chi connectivity index (χ1v) is 12.8. The molecule has 2 atom stereocenters. The van der Waals surface area contributed by atoms with Crippen molar-refractivity contribution in [1.29, 1.82) is 0 Å². The summed E-state index contributed by atoms with van der Waals surface area (Å²) in [5, 5.41) is 5.93. The van der Waals surface area contributed by atoms with E-state index in [9.17, 15) is 0 Å². The quantitative estimate of drug-likeness (QED) is 0.406. The molecule has 1 saturated carbocycles. The van der Waals surface area contributed by atoms with E-state index in [1.54, 1.807) is 0 Å². The molecular weight excluding hydrogens is 367 g/mol. The van der Waals surface area contributed by atoms with Crippen LogP contribution in [0.3, 0.4) is 0 Å². The summed E-state index contributed by atoms with van der Waals surface area (Å²) in [5.41, 5.74) is 0.621. The maximum absolute atomic E-state index is 2.91. The molecule has 0 spiro atoms. The van der Waals surface area contributed by atoms with E-state index in [0.29, 0.717) is 11.6 Å². The summed E-state index contributed by atoms with van der Waals surface area (Å²) in [7, 11) is 0. The number of benzene rings is 4. The van der Waals surface area contributed by atoms with Gasteiger partial charge in [0.25, 0.3) is 0 Å². The van der Waals surface area contributed by atoms with Crippen molar-refractivity contribution in [3.8, 4) is 0 Å². The van der Waals surface area contributed by atoms with Crippen molar-refractivity contribution in [3.63, 3.8) is 0 Å². The molecule has 0 heterocycles. The van der Waals surface area contributed by atoms with Gasteiger partial charge in [-0.25, -0.2) is 0 Å². The van der Waals surface area contributed by atoms with Crippen molar-refractivity contribution in [2.24, 2.45) is 5.92 Å². The van der Waals surface area contributed by atoms with Crippen LogP contribution < -0.4 is 21.2 Å². The van der Waals surface area contributed by atoms with Crippen LogP contribution >= 0.6 is 6.60 Å². The Labute approximate surface area is 174 Å². The van der Waals surface area contributed by atoms with Crippen LogP contribution in [0.25, 0.3) is 0 Å². The van der Waals surface area contributed by atoms with Crippen molar-refractivity contribution >= 4 is 27.8 Å². The molecular formula is C28H27P. The monoisotopic (exact) mass is 394 g/mol. The van der Waals surface area contributed by atoms with Crippen LogP contribution in [0, 0.1) is 5.92 Å². The Morgan fingerprint density at radius 1 is 0.483 bits per heavy atom.